The van der Waals surface area contributed by atoms with Gasteiger partial charge in [0.25, 0.3) is 0 Å². The van der Waals surface area contributed by atoms with Gasteiger partial charge in [-0.05, 0) is 154 Å². The molecule has 0 heterocycles. The van der Waals surface area contributed by atoms with Crippen LogP contribution in [0.3, 0.4) is 0 Å². The standard InChI is InChI=1S/C98H157NO8/c1-6-8-10-12-14-16-18-20-22-24-26-28-30-32-34-36-38-40-42-44-46-48-50-52-54-56-58-60-62-64-66-68-70-72-74-76-78-80-82-84-86-88-95(100)105-92-94(93-106-98(97(102)103)104-91-90-99(3,4)5)107-96(101)89-87-85-83-81-79-77-75-73-71-69-67-65-63-61-59-57-55-53-51-49-47-45-43-41-39-37-35-33-31-29-27-25-23-21-19-17-15-13-11-9-7-2/h8-11,14-17,20-23,26-29,32-35,38-41,44-47,50-53,57,59,63,65,94,98H,6-7,12-13,18-19,24-25,30-31,36-37,42-43,48-49,54-56,58,60-62,64,66-93H2,1-5H3/b10-8-,11-9-,16-14-,17-15-,22-20-,23-21-,28-26-,29-27-,34-32-,35-33-,40-38-,41-39-,46-44-,47-45-,52-50-,53-51-,59-57-,65-63-. The number of ether oxygens (including phenoxy) is 4. The fourth-order valence-electron chi connectivity index (χ4n) is 11.3. The third-order valence-electron chi connectivity index (χ3n) is 17.7. The van der Waals surface area contributed by atoms with Crippen LogP contribution >= 0.6 is 0 Å². The number of carbonyl (C=O) groups excluding carboxylic acids is 3. The molecular weight excluding hydrogens is 1320 g/mol. The number of esters is 2. The van der Waals surface area contributed by atoms with E-state index in [4.69, 9.17) is 18.9 Å². The van der Waals surface area contributed by atoms with Gasteiger partial charge in [0.05, 0.1) is 40.3 Å². The van der Waals surface area contributed by atoms with Crippen LogP contribution in [0, 0.1) is 0 Å². The van der Waals surface area contributed by atoms with Crippen molar-refractivity contribution in [2.24, 2.45) is 0 Å². The van der Waals surface area contributed by atoms with Crippen LogP contribution in [0.5, 0.6) is 0 Å². The zero-order valence-corrected chi connectivity index (χ0v) is 68.9. The molecule has 9 heteroatoms. The number of carboxylic acid groups (broad SMARTS) is 1. The van der Waals surface area contributed by atoms with E-state index in [-0.39, 0.29) is 38.6 Å². The fourth-order valence-corrected chi connectivity index (χ4v) is 11.3. The van der Waals surface area contributed by atoms with E-state index in [1.807, 2.05) is 21.1 Å². The first kappa shape index (κ1) is 101. The van der Waals surface area contributed by atoms with Gasteiger partial charge >= 0.3 is 11.9 Å². The molecule has 0 aromatic rings. The van der Waals surface area contributed by atoms with Crippen LogP contribution in [0.25, 0.3) is 0 Å². The maximum Gasteiger partial charge on any atom is 0.306 e. The van der Waals surface area contributed by atoms with Crippen molar-refractivity contribution in [2.75, 3.05) is 47.5 Å². The second kappa shape index (κ2) is 85.2. The second-order valence-electron chi connectivity index (χ2n) is 29.0. The molecule has 2 atom stereocenters. The molecule has 0 rings (SSSR count). The monoisotopic (exact) mass is 1480 g/mol. The number of hydrogen-bond donors (Lipinski definition) is 0. The van der Waals surface area contributed by atoms with Gasteiger partial charge in [-0.2, -0.15) is 0 Å². The van der Waals surface area contributed by atoms with Crippen molar-refractivity contribution in [3.05, 3.63) is 219 Å². The van der Waals surface area contributed by atoms with E-state index in [1.54, 1.807) is 0 Å². The van der Waals surface area contributed by atoms with Crippen molar-refractivity contribution < 1.29 is 42.9 Å². The van der Waals surface area contributed by atoms with Crippen LogP contribution in [-0.2, 0) is 33.3 Å². The lowest BCUT2D eigenvalue weighted by Gasteiger charge is -2.26. The van der Waals surface area contributed by atoms with Crippen molar-refractivity contribution in [2.45, 2.75) is 334 Å². The van der Waals surface area contributed by atoms with E-state index in [9.17, 15) is 19.5 Å². The smallest absolute Gasteiger partial charge is 0.306 e. The summed E-state index contributed by atoms with van der Waals surface area (Å²) in [5.41, 5.74) is 0. The van der Waals surface area contributed by atoms with E-state index in [0.717, 1.165) is 161 Å². The number of unbranched alkanes of at least 4 members (excludes halogenated alkanes) is 26. The summed E-state index contributed by atoms with van der Waals surface area (Å²) in [6.45, 7) is 4.51. The molecule has 0 aliphatic heterocycles. The van der Waals surface area contributed by atoms with Gasteiger partial charge in [0.2, 0.25) is 0 Å². The number of carboxylic acids is 1. The SMILES string of the molecule is CC/C=C\C/C=C\C/C=C\C/C=C\C/C=C\C/C=C\C/C=C\C/C=C\C/C=C\C/C=C\CCCCCCCCCCCCC(=O)OC(COC(=O)CCCCCCCCCCCCCCCCCC/C=C\C/C=C\C/C=C\C/C=C\C/C=C\C/C=C\C/C=C\C/C=C\CC)COC(OCC[N+](C)(C)C)C(=O)[O-]. The van der Waals surface area contributed by atoms with Crippen molar-refractivity contribution >= 4 is 17.9 Å². The van der Waals surface area contributed by atoms with E-state index in [0.29, 0.717) is 17.4 Å². The minimum absolute atomic E-state index is 0.138. The molecule has 9 nitrogen and oxygen atoms in total. The largest absolute Gasteiger partial charge is 0.545 e. The molecule has 2 unspecified atom stereocenters. The molecule has 0 bridgehead atoms. The van der Waals surface area contributed by atoms with Gasteiger partial charge in [-0.15, -0.1) is 0 Å². The van der Waals surface area contributed by atoms with Gasteiger partial charge < -0.3 is 33.3 Å². The Bertz CT molecular complexity index is 2580. The van der Waals surface area contributed by atoms with E-state index >= 15 is 0 Å². The highest BCUT2D eigenvalue weighted by atomic mass is 16.7. The maximum absolute atomic E-state index is 13.0. The van der Waals surface area contributed by atoms with Crippen LogP contribution in [0.15, 0.2) is 219 Å². The van der Waals surface area contributed by atoms with Crippen LogP contribution in [0.1, 0.15) is 322 Å². The zero-order valence-electron chi connectivity index (χ0n) is 68.9. The average molecular weight is 1480 g/mol. The number of carbonyl (C=O) groups is 3. The molecule has 0 spiro atoms. The molecule has 602 valence electrons. The molecule has 0 N–H and O–H groups in total. The van der Waals surface area contributed by atoms with Gasteiger partial charge in [0.1, 0.15) is 13.2 Å². The summed E-state index contributed by atoms with van der Waals surface area (Å²) in [6, 6.07) is 0. The minimum atomic E-state index is -1.64. The van der Waals surface area contributed by atoms with Gasteiger partial charge in [-0.25, -0.2) is 0 Å². The Hall–Kier alpha value is -6.39. The summed E-state index contributed by atoms with van der Waals surface area (Å²) in [4.78, 5) is 37.7. The third kappa shape index (κ3) is 86.7. The first-order valence-corrected chi connectivity index (χ1v) is 42.9. The summed E-state index contributed by atoms with van der Waals surface area (Å²) >= 11 is 0. The molecule has 0 saturated heterocycles. The molecule has 0 radical (unpaired) electrons. The van der Waals surface area contributed by atoms with Crippen molar-refractivity contribution in [3.63, 3.8) is 0 Å². The number of nitrogens with zero attached hydrogens (tertiary/aromatic N) is 1. The quantitative estimate of drug-likeness (QED) is 0.0195. The predicted molar refractivity (Wildman–Crippen MR) is 462 cm³/mol. The Balaban J connectivity index is 4.08. The molecule has 0 aromatic heterocycles. The molecule has 0 amide bonds. The minimum Gasteiger partial charge on any atom is -0.545 e. The second-order valence-corrected chi connectivity index (χ2v) is 29.0. The van der Waals surface area contributed by atoms with Crippen LogP contribution in [0.4, 0.5) is 0 Å². The normalized spacial score (nSPS) is 13.8. The Labute approximate surface area is 657 Å². The number of hydrogen-bond acceptors (Lipinski definition) is 8. The number of quaternary nitrogens is 1. The number of allylic oxidation sites excluding steroid dienone is 36. The molecule has 107 heavy (non-hydrogen) atoms. The highest BCUT2D eigenvalue weighted by molar-refractivity contribution is 5.70. The number of rotatable bonds is 77. The average Bonchev–Trinajstić information content (AvgIpc) is 0.965. The van der Waals surface area contributed by atoms with Crippen LogP contribution in [0.2, 0.25) is 0 Å². The summed E-state index contributed by atoms with van der Waals surface area (Å²) in [7, 11) is 5.93. The van der Waals surface area contributed by atoms with Gasteiger partial charge in [-0.1, -0.05) is 374 Å². The molecule has 0 aromatic carbocycles. The van der Waals surface area contributed by atoms with E-state index in [2.05, 4.69) is 233 Å². The Morgan fingerprint density at radius 1 is 0.280 bits per heavy atom. The van der Waals surface area contributed by atoms with Gasteiger partial charge in [0, 0.05) is 12.8 Å². The van der Waals surface area contributed by atoms with Crippen LogP contribution in [-0.4, -0.2) is 82.3 Å². The molecule has 0 saturated carbocycles. The van der Waals surface area contributed by atoms with Crippen LogP contribution < -0.4 is 5.11 Å². The van der Waals surface area contributed by atoms with Gasteiger partial charge in [0.15, 0.2) is 12.4 Å². The summed E-state index contributed by atoms with van der Waals surface area (Å²) in [5, 5.41) is 11.9. The highest BCUT2D eigenvalue weighted by Gasteiger charge is 2.22. The first-order chi connectivity index (χ1) is 52.6. The van der Waals surface area contributed by atoms with Crippen molar-refractivity contribution in [1.82, 2.24) is 0 Å². The summed E-state index contributed by atoms with van der Waals surface area (Å²) < 4.78 is 22.9. The fraction of sp³-hybridized carbons (Fsp3) is 0.602. The summed E-state index contributed by atoms with van der Waals surface area (Å²) in [5.74, 6) is -2.30. The zero-order chi connectivity index (χ0) is 77.4. The molecule has 0 aliphatic carbocycles. The third-order valence-corrected chi connectivity index (χ3v) is 17.7. The van der Waals surface area contributed by atoms with E-state index < -0.39 is 24.3 Å². The Morgan fingerprint density at radius 2 is 0.505 bits per heavy atom. The lowest BCUT2D eigenvalue weighted by atomic mass is 10.0. The topological polar surface area (TPSA) is 111 Å². The highest BCUT2D eigenvalue weighted by Crippen LogP contribution is 2.17. The Kier molecular flexibility index (Phi) is 80.1. The van der Waals surface area contributed by atoms with E-state index in [1.165, 1.54) is 128 Å². The number of likely N-dealkylation sites (N-methyl/N-ethyl adjacent to an activating group) is 1. The molecule has 0 aliphatic rings. The molecular formula is C98H157NO8. The first-order valence-electron chi connectivity index (χ1n) is 42.9. The predicted octanol–water partition coefficient (Wildman–Crippen LogP) is 27.0. The van der Waals surface area contributed by atoms with Gasteiger partial charge in [-0.3, -0.25) is 9.59 Å². The maximum atomic E-state index is 13.0. The van der Waals surface area contributed by atoms with Crippen molar-refractivity contribution in [3.8, 4) is 0 Å². The lowest BCUT2D eigenvalue weighted by molar-refractivity contribution is -0.870. The number of aliphatic carboxylic acids is 1. The Morgan fingerprint density at radius 3 is 0.748 bits per heavy atom. The lowest BCUT2D eigenvalue weighted by Crippen LogP contribution is -2.44. The summed E-state index contributed by atoms with van der Waals surface area (Å²) in [6.07, 6.45) is 131. The molecule has 0 fully saturated rings. The van der Waals surface area contributed by atoms with Crippen molar-refractivity contribution in [1.29, 1.82) is 0 Å².